The van der Waals surface area contributed by atoms with Crippen molar-refractivity contribution in [2.45, 2.75) is 6.92 Å². The molecule has 0 aliphatic carbocycles. The van der Waals surface area contributed by atoms with Gasteiger partial charge in [0.15, 0.2) is 6.61 Å². The SMILES string of the molecule is COC(=O)COc1ccc(C=CCNC(C)=O)cc1. The monoisotopic (exact) mass is 263 g/mol. The van der Waals surface area contributed by atoms with Crippen molar-refractivity contribution in [1.29, 1.82) is 0 Å². The highest BCUT2D eigenvalue weighted by Crippen LogP contribution is 2.13. The van der Waals surface area contributed by atoms with Gasteiger partial charge in [-0.15, -0.1) is 0 Å². The van der Waals surface area contributed by atoms with Crippen LogP contribution in [0.25, 0.3) is 6.08 Å². The number of nitrogens with one attached hydrogen (secondary N) is 1. The van der Waals surface area contributed by atoms with E-state index in [1.807, 2.05) is 24.3 Å². The van der Waals surface area contributed by atoms with E-state index in [1.54, 1.807) is 12.1 Å². The van der Waals surface area contributed by atoms with Crippen molar-refractivity contribution in [2.24, 2.45) is 0 Å². The van der Waals surface area contributed by atoms with Crippen LogP contribution in [-0.4, -0.2) is 32.1 Å². The summed E-state index contributed by atoms with van der Waals surface area (Å²) in [6, 6.07) is 7.25. The molecule has 1 aromatic carbocycles. The van der Waals surface area contributed by atoms with Gasteiger partial charge >= 0.3 is 5.97 Å². The number of rotatable bonds is 6. The summed E-state index contributed by atoms with van der Waals surface area (Å²) in [6.07, 6.45) is 3.74. The second-order valence-electron chi connectivity index (χ2n) is 3.77. The number of carbonyl (C=O) groups is 2. The van der Waals surface area contributed by atoms with E-state index in [2.05, 4.69) is 10.1 Å². The third kappa shape index (κ3) is 6.26. The fourth-order valence-corrected chi connectivity index (χ4v) is 1.27. The number of methoxy groups -OCH3 is 1. The van der Waals surface area contributed by atoms with Crippen LogP contribution in [0.2, 0.25) is 0 Å². The average Bonchev–Trinajstić information content (AvgIpc) is 2.42. The second kappa shape index (κ2) is 7.92. The summed E-state index contributed by atoms with van der Waals surface area (Å²) in [5.41, 5.74) is 0.982. The Hall–Kier alpha value is -2.30. The van der Waals surface area contributed by atoms with Gasteiger partial charge in [-0.25, -0.2) is 4.79 Å². The maximum atomic E-state index is 10.9. The molecule has 102 valence electrons. The van der Waals surface area contributed by atoms with Gasteiger partial charge in [0.1, 0.15) is 5.75 Å². The molecule has 0 heterocycles. The minimum absolute atomic E-state index is 0.0591. The first-order valence-electron chi connectivity index (χ1n) is 5.82. The summed E-state index contributed by atoms with van der Waals surface area (Å²) < 4.78 is 9.69. The van der Waals surface area contributed by atoms with Gasteiger partial charge in [-0.2, -0.15) is 0 Å². The largest absolute Gasteiger partial charge is 0.482 e. The Morgan fingerprint density at radius 3 is 2.53 bits per heavy atom. The van der Waals surface area contributed by atoms with Gasteiger partial charge in [0.2, 0.25) is 5.91 Å². The summed E-state index contributed by atoms with van der Waals surface area (Å²) >= 11 is 0. The molecule has 19 heavy (non-hydrogen) atoms. The molecular weight excluding hydrogens is 246 g/mol. The number of ether oxygens (including phenoxy) is 2. The predicted octanol–water partition coefficient (Wildman–Crippen LogP) is 1.39. The van der Waals surface area contributed by atoms with Crippen LogP contribution >= 0.6 is 0 Å². The zero-order valence-electron chi connectivity index (χ0n) is 11.0. The Balaban J connectivity index is 2.43. The van der Waals surface area contributed by atoms with E-state index in [9.17, 15) is 9.59 Å². The van der Waals surface area contributed by atoms with Crippen LogP contribution in [0.1, 0.15) is 12.5 Å². The molecule has 0 saturated heterocycles. The highest BCUT2D eigenvalue weighted by molar-refractivity contribution is 5.73. The number of hydrogen-bond acceptors (Lipinski definition) is 4. The molecule has 5 nitrogen and oxygen atoms in total. The lowest BCUT2D eigenvalue weighted by Gasteiger charge is -2.04. The van der Waals surface area contributed by atoms with E-state index in [1.165, 1.54) is 14.0 Å². The van der Waals surface area contributed by atoms with Crippen molar-refractivity contribution >= 4 is 18.0 Å². The molecule has 1 aromatic rings. The number of hydrogen-bond donors (Lipinski definition) is 1. The molecule has 1 rings (SSSR count). The smallest absolute Gasteiger partial charge is 0.343 e. The zero-order valence-corrected chi connectivity index (χ0v) is 11.0. The molecule has 0 saturated carbocycles. The maximum Gasteiger partial charge on any atom is 0.343 e. The molecule has 0 fully saturated rings. The summed E-state index contributed by atoms with van der Waals surface area (Å²) in [5.74, 6) is 0.125. The van der Waals surface area contributed by atoms with Crippen molar-refractivity contribution in [2.75, 3.05) is 20.3 Å². The lowest BCUT2D eigenvalue weighted by molar-refractivity contribution is -0.142. The summed E-state index contributed by atoms with van der Waals surface area (Å²) in [4.78, 5) is 21.5. The minimum atomic E-state index is -0.417. The number of esters is 1. The Morgan fingerprint density at radius 2 is 1.95 bits per heavy atom. The second-order valence-corrected chi connectivity index (χ2v) is 3.77. The minimum Gasteiger partial charge on any atom is -0.482 e. The highest BCUT2D eigenvalue weighted by Gasteiger charge is 2.00. The van der Waals surface area contributed by atoms with Gasteiger partial charge in [0.05, 0.1) is 7.11 Å². The van der Waals surface area contributed by atoms with Crippen molar-refractivity contribution in [3.63, 3.8) is 0 Å². The fraction of sp³-hybridized carbons (Fsp3) is 0.286. The standard InChI is InChI=1S/C14H17NO4/c1-11(16)15-9-3-4-12-5-7-13(8-6-12)19-10-14(17)18-2/h3-8H,9-10H2,1-2H3,(H,15,16). The van der Waals surface area contributed by atoms with Crippen molar-refractivity contribution < 1.29 is 19.1 Å². The third-order valence-corrected chi connectivity index (χ3v) is 2.24. The van der Waals surface area contributed by atoms with Gasteiger partial charge in [0, 0.05) is 13.5 Å². The van der Waals surface area contributed by atoms with Crippen LogP contribution in [-0.2, 0) is 14.3 Å². The van der Waals surface area contributed by atoms with Crippen LogP contribution in [0.4, 0.5) is 0 Å². The summed E-state index contributed by atoms with van der Waals surface area (Å²) in [6.45, 7) is 1.87. The molecule has 5 heteroatoms. The molecule has 0 aliphatic heterocycles. The molecule has 0 unspecified atom stereocenters. The van der Waals surface area contributed by atoms with Crippen molar-refractivity contribution in [3.05, 3.63) is 35.9 Å². The first-order valence-corrected chi connectivity index (χ1v) is 5.82. The predicted molar refractivity (Wildman–Crippen MR) is 71.7 cm³/mol. The van der Waals surface area contributed by atoms with E-state index in [4.69, 9.17) is 4.74 Å². The average molecular weight is 263 g/mol. The normalized spacial score (nSPS) is 10.2. The zero-order chi connectivity index (χ0) is 14.1. The molecule has 1 amide bonds. The van der Waals surface area contributed by atoms with Crippen molar-refractivity contribution in [3.8, 4) is 5.75 Å². The molecule has 0 spiro atoms. The van der Waals surface area contributed by atoms with Crippen LogP contribution in [0.5, 0.6) is 5.75 Å². The van der Waals surface area contributed by atoms with E-state index < -0.39 is 5.97 Å². The van der Waals surface area contributed by atoms with E-state index in [0.717, 1.165) is 5.56 Å². The quantitative estimate of drug-likeness (QED) is 0.788. The van der Waals surface area contributed by atoms with Crippen LogP contribution in [0.15, 0.2) is 30.3 Å². The van der Waals surface area contributed by atoms with Gasteiger partial charge in [-0.3, -0.25) is 4.79 Å². The highest BCUT2D eigenvalue weighted by atomic mass is 16.6. The molecule has 0 aliphatic rings. The third-order valence-electron chi connectivity index (χ3n) is 2.24. The Bertz CT molecular complexity index is 451. The molecule has 0 atom stereocenters. The van der Waals surface area contributed by atoms with Crippen LogP contribution < -0.4 is 10.1 Å². The van der Waals surface area contributed by atoms with E-state index in [0.29, 0.717) is 12.3 Å². The Kier molecular flexibility index (Phi) is 6.15. The molecular formula is C14H17NO4. The molecule has 0 radical (unpaired) electrons. The number of amides is 1. The van der Waals surface area contributed by atoms with Gasteiger partial charge in [0.25, 0.3) is 0 Å². The number of benzene rings is 1. The van der Waals surface area contributed by atoms with Crippen LogP contribution in [0.3, 0.4) is 0 Å². The Morgan fingerprint density at radius 1 is 1.26 bits per heavy atom. The van der Waals surface area contributed by atoms with Crippen molar-refractivity contribution in [1.82, 2.24) is 5.32 Å². The maximum absolute atomic E-state index is 10.9. The fourth-order valence-electron chi connectivity index (χ4n) is 1.27. The van der Waals surface area contributed by atoms with Crippen LogP contribution in [0, 0.1) is 0 Å². The first-order chi connectivity index (χ1) is 9.11. The first kappa shape index (κ1) is 14.8. The Labute approximate surface area is 112 Å². The summed E-state index contributed by atoms with van der Waals surface area (Å²) in [7, 11) is 1.31. The summed E-state index contributed by atoms with van der Waals surface area (Å²) in [5, 5.41) is 2.66. The lowest BCUT2D eigenvalue weighted by Crippen LogP contribution is -2.19. The van der Waals surface area contributed by atoms with E-state index in [-0.39, 0.29) is 12.5 Å². The molecule has 1 N–H and O–H groups in total. The lowest BCUT2D eigenvalue weighted by atomic mass is 10.2. The van der Waals surface area contributed by atoms with Gasteiger partial charge in [-0.1, -0.05) is 24.3 Å². The van der Waals surface area contributed by atoms with Gasteiger partial charge < -0.3 is 14.8 Å². The number of carbonyl (C=O) groups excluding carboxylic acids is 2. The van der Waals surface area contributed by atoms with E-state index >= 15 is 0 Å². The topological polar surface area (TPSA) is 64.6 Å². The molecule has 0 bridgehead atoms. The molecule has 0 aromatic heterocycles. The van der Waals surface area contributed by atoms with Gasteiger partial charge in [-0.05, 0) is 17.7 Å².